The molecule has 0 saturated carbocycles. The molecule has 1 aromatic rings. The standard InChI is InChI=1S/C13H21N5S/c14-13(19)18-12-10(4-6-15-12)11(16-18)5-9-17-7-2-1-3-8-17/h15H,1-9H2,(H2,14,19). The van der Waals surface area contributed by atoms with Crippen LogP contribution in [0.5, 0.6) is 0 Å². The molecule has 0 amide bonds. The number of piperidine rings is 1. The van der Waals surface area contributed by atoms with Gasteiger partial charge in [-0.05, 0) is 44.6 Å². The minimum Gasteiger partial charge on any atom is -0.374 e. The third kappa shape index (κ3) is 2.60. The summed E-state index contributed by atoms with van der Waals surface area (Å²) in [6.07, 6.45) is 6.08. The van der Waals surface area contributed by atoms with E-state index in [1.54, 1.807) is 4.68 Å². The lowest BCUT2D eigenvalue weighted by atomic mass is 10.1. The van der Waals surface area contributed by atoms with Gasteiger partial charge in [0.25, 0.3) is 0 Å². The van der Waals surface area contributed by atoms with E-state index in [-0.39, 0.29) is 0 Å². The minimum absolute atomic E-state index is 0.329. The van der Waals surface area contributed by atoms with Gasteiger partial charge in [-0.15, -0.1) is 0 Å². The van der Waals surface area contributed by atoms with Crippen molar-refractivity contribution in [3.63, 3.8) is 0 Å². The zero-order valence-electron chi connectivity index (χ0n) is 11.2. The Balaban J connectivity index is 1.70. The van der Waals surface area contributed by atoms with E-state index >= 15 is 0 Å². The second-order valence-corrected chi connectivity index (χ2v) is 5.77. The van der Waals surface area contributed by atoms with Crippen LogP contribution in [-0.4, -0.2) is 46.0 Å². The number of hydrogen-bond acceptors (Lipinski definition) is 4. The van der Waals surface area contributed by atoms with Gasteiger partial charge in [-0.2, -0.15) is 9.78 Å². The average Bonchev–Trinajstić information content (AvgIpc) is 2.99. The Bertz CT molecular complexity index is 476. The summed E-state index contributed by atoms with van der Waals surface area (Å²) in [5.74, 6) is 1.01. The van der Waals surface area contributed by atoms with E-state index < -0.39 is 0 Å². The molecule has 3 rings (SSSR count). The van der Waals surface area contributed by atoms with E-state index in [1.165, 1.54) is 43.6 Å². The van der Waals surface area contributed by atoms with E-state index in [4.69, 9.17) is 18.0 Å². The van der Waals surface area contributed by atoms with Crippen LogP contribution in [-0.2, 0) is 12.8 Å². The molecule has 0 aliphatic carbocycles. The number of hydrogen-bond donors (Lipinski definition) is 2. The van der Waals surface area contributed by atoms with Crippen molar-refractivity contribution in [3.05, 3.63) is 11.3 Å². The van der Waals surface area contributed by atoms with Gasteiger partial charge >= 0.3 is 0 Å². The number of nitrogens with two attached hydrogens (primary N) is 1. The number of rotatable bonds is 3. The van der Waals surface area contributed by atoms with Gasteiger partial charge < -0.3 is 16.0 Å². The molecule has 3 N–H and O–H groups in total. The average molecular weight is 279 g/mol. The van der Waals surface area contributed by atoms with E-state index in [1.807, 2.05) is 0 Å². The van der Waals surface area contributed by atoms with Crippen molar-refractivity contribution < 1.29 is 0 Å². The van der Waals surface area contributed by atoms with Crippen molar-refractivity contribution in [1.82, 2.24) is 14.7 Å². The number of nitrogens with one attached hydrogen (secondary N) is 1. The highest BCUT2D eigenvalue weighted by Crippen LogP contribution is 2.26. The second kappa shape index (κ2) is 5.46. The molecule has 3 heterocycles. The SMILES string of the molecule is NC(=S)n1nc(CCN2CCCCC2)c2c1NCC2. The van der Waals surface area contributed by atoms with Crippen molar-refractivity contribution in [2.24, 2.45) is 5.73 Å². The summed E-state index contributed by atoms with van der Waals surface area (Å²) in [5, 5.41) is 8.23. The van der Waals surface area contributed by atoms with E-state index in [2.05, 4.69) is 15.3 Å². The first-order valence-electron chi connectivity index (χ1n) is 7.12. The maximum absolute atomic E-state index is 5.72. The molecule has 0 bridgehead atoms. The first-order valence-corrected chi connectivity index (χ1v) is 7.53. The smallest absolute Gasteiger partial charge is 0.193 e. The van der Waals surface area contributed by atoms with Gasteiger partial charge in [-0.3, -0.25) is 0 Å². The van der Waals surface area contributed by atoms with Crippen LogP contribution in [0, 0.1) is 0 Å². The Labute approximate surface area is 119 Å². The summed E-state index contributed by atoms with van der Waals surface area (Å²) in [5.41, 5.74) is 8.20. The molecule has 0 aromatic carbocycles. The maximum Gasteiger partial charge on any atom is 0.193 e. The fourth-order valence-corrected chi connectivity index (χ4v) is 3.19. The Hall–Kier alpha value is -1.14. The number of likely N-dealkylation sites (tertiary alicyclic amines) is 1. The number of fused-ring (bicyclic) bond motifs is 1. The Morgan fingerprint density at radius 2 is 2.11 bits per heavy atom. The third-order valence-electron chi connectivity index (χ3n) is 4.06. The van der Waals surface area contributed by atoms with Gasteiger partial charge in [0.1, 0.15) is 5.82 Å². The van der Waals surface area contributed by atoms with Gasteiger partial charge in [0, 0.05) is 25.1 Å². The van der Waals surface area contributed by atoms with Gasteiger partial charge in [0.2, 0.25) is 0 Å². The zero-order valence-corrected chi connectivity index (χ0v) is 12.0. The van der Waals surface area contributed by atoms with E-state index in [9.17, 15) is 0 Å². The van der Waals surface area contributed by atoms with Crippen LogP contribution in [0.15, 0.2) is 0 Å². The van der Waals surface area contributed by atoms with Gasteiger partial charge in [0.15, 0.2) is 5.11 Å². The number of anilines is 1. The van der Waals surface area contributed by atoms with Crippen molar-refractivity contribution in [2.75, 3.05) is 31.5 Å². The fourth-order valence-electron chi connectivity index (χ4n) is 3.05. The Kier molecular flexibility index (Phi) is 3.70. The molecule has 0 unspecified atom stereocenters. The lowest BCUT2D eigenvalue weighted by Crippen LogP contribution is -2.31. The first-order chi connectivity index (χ1) is 9.25. The second-order valence-electron chi connectivity index (χ2n) is 5.35. The lowest BCUT2D eigenvalue weighted by molar-refractivity contribution is 0.230. The number of nitrogens with zero attached hydrogens (tertiary/aromatic N) is 3. The molecule has 1 saturated heterocycles. The number of aromatic nitrogens is 2. The monoisotopic (exact) mass is 279 g/mol. The summed E-state index contributed by atoms with van der Waals surface area (Å²) < 4.78 is 1.68. The molecule has 0 atom stereocenters. The molecule has 19 heavy (non-hydrogen) atoms. The maximum atomic E-state index is 5.72. The summed E-state index contributed by atoms with van der Waals surface area (Å²) in [4.78, 5) is 2.54. The predicted molar refractivity (Wildman–Crippen MR) is 80.6 cm³/mol. The fraction of sp³-hybridized carbons (Fsp3) is 0.692. The van der Waals surface area contributed by atoms with E-state index in [0.29, 0.717) is 5.11 Å². The first kappa shape index (κ1) is 12.9. The Morgan fingerprint density at radius 3 is 2.84 bits per heavy atom. The largest absolute Gasteiger partial charge is 0.374 e. The van der Waals surface area contributed by atoms with Crippen LogP contribution in [0.4, 0.5) is 5.82 Å². The van der Waals surface area contributed by atoms with Crippen molar-refractivity contribution in [1.29, 1.82) is 0 Å². The normalized spacial score (nSPS) is 19.2. The molecule has 0 spiro atoms. The quantitative estimate of drug-likeness (QED) is 0.808. The van der Waals surface area contributed by atoms with Crippen LogP contribution in [0.3, 0.4) is 0 Å². The topological polar surface area (TPSA) is 59.1 Å². The van der Waals surface area contributed by atoms with Gasteiger partial charge in [0.05, 0.1) is 5.69 Å². The van der Waals surface area contributed by atoms with Crippen molar-refractivity contribution in [3.8, 4) is 0 Å². The minimum atomic E-state index is 0.329. The summed E-state index contributed by atoms with van der Waals surface area (Å²) in [7, 11) is 0. The Morgan fingerprint density at radius 1 is 1.32 bits per heavy atom. The highest BCUT2D eigenvalue weighted by atomic mass is 32.1. The molecule has 0 radical (unpaired) electrons. The molecule has 104 valence electrons. The van der Waals surface area contributed by atoms with Crippen LogP contribution in [0.25, 0.3) is 0 Å². The van der Waals surface area contributed by atoms with Gasteiger partial charge in [-0.25, -0.2) is 0 Å². The summed E-state index contributed by atoms with van der Waals surface area (Å²) in [6, 6.07) is 0. The molecular weight excluding hydrogens is 258 g/mol. The zero-order chi connectivity index (χ0) is 13.2. The molecule has 1 aromatic heterocycles. The van der Waals surface area contributed by atoms with Gasteiger partial charge in [-0.1, -0.05) is 6.42 Å². The third-order valence-corrected chi connectivity index (χ3v) is 4.23. The van der Waals surface area contributed by atoms with Crippen LogP contribution in [0.1, 0.15) is 30.5 Å². The highest BCUT2D eigenvalue weighted by molar-refractivity contribution is 7.80. The molecule has 5 nitrogen and oxygen atoms in total. The van der Waals surface area contributed by atoms with Crippen LogP contribution in [0.2, 0.25) is 0 Å². The summed E-state index contributed by atoms with van der Waals surface area (Å²) in [6.45, 7) is 4.53. The van der Waals surface area contributed by atoms with Crippen molar-refractivity contribution in [2.45, 2.75) is 32.1 Å². The molecule has 2 aliphatic rings. The summed E-state index contributed by atoms with van der Waals surface area (Å²) >= 11 is 5.05. The molecule has 2 aliphatic heterocycles. The molecule has 6 heteroatoms. The highest BCUT2D eigenvalue weighted by Gasteiger charge is 2.23. The molecular formula is C13H21N5S. The van der Waals surface area contributed by atoms with E-state index in [0.717, 1.165) is 31.7 Å². The van der Waals surface area contributed by atoms with Crippen LogP contribution < -0.4 is 11.1 Å². The predicted octanol–water partition coefficient (Wildman–Crippen LogP) is 0.971. The molecule has 1 fully saturated rings. The lowest BCUT2D eigenvalue weighted by Gasteiger charge is -2.26. The van der Waals surface area contributed by atoms with Crippen LogP contribution >= 0.6 is 12.2 Å². The van der Waals surface area contributed by atoms with Crippen molar-refractivity contribution >= 4 is 23.1 Å². The number of thiocarbonyl (C=S) groups is 1.